The average molecular weight is 214 g/mol. The molecule has 0 bridgehead atoms. The molecule has 0 aliphatic rings. The largest absolute Gasteiger partial charge is 0.463 e. The molecule has 3 nitrogen and oxygen atoms in total. The minimum atomic E-state index is -0.387. The normalized spacial score (nSPS) is 9.50. The Morgan fingerprint density at radius 3 is 2.71 bits per heavy atom. The van der Waals surface area contributed by atoms with E-state index >= 15 is 0 Å². The maximum atomic E-state index is 10.6. The fraction of sp³-hybridized carbons (Fsp3) is 0.300. The number of nitrogens with one attached hydrogen (secondary N) is 1. The molecule has 0 aliphatic heterocycles. The minimum absolute atomic E-state index is 0.0919. The number of hydrogen-bond donors (Lipinski definition) is 1. The lowest BCUT2D eigenvalue weighted by Crippen LogP contribution is -2.14. The number of halogens is 1. The second kappa shape index (κ2) is 6.27. The highest BCUT2D eigenvalue weighted by atomic mass is 35.5. The number of para-hydroxylation sites is 1. The summed E-state index contributed by atoms with van der Waals surface area (Å²) < 4.78 is 4.78. The molecule has 4 heteroatoms. The van der Waals surface area contributed by atoms with Crippen LogP contribution in [0.15, 0.2) is 30.3 Å². The van der Waals surface area contributed by atoms with E-state index in [1.807, 2.05) is 30.3 Å². The van der Waals surface area contributed by atoms with Crippen molar-refractivity contribution >= 4 is 23.3 Å². The van der Waals surface area contributed by atoms with E-state index in [2.05, 4.69) is 5.32 Å². The minimum Gasteiger partial charge on any atom is -0.463 e. The molecule has 0 saturated heterocycles. The molecule has 0 amide bonds. The zero-order chi connectivity index (χ0) is 10.2. The lowest BCUT2D eigenvalue weighted by molar-refractivity contribution is -0.140. The second-order valence-electron chi connectivity index (χ2n) is 2.65. The summed E-state index contributed by atoms with van der Waals surface area (Å²) in [6.07, 6.45) is 0. The summed E-state index contributed by atoms with van der Waals surface area (Å²) in [5.74, 6) is -0.479. The first kappa shape index (κ1) is 10.9. The summed E-state index contributed by atoms with van der Waals surface area (Å²) in [6.45, 7) is 0.924. The Kier molecular flexibility index (Phi) is 4.86. The van der Waals surface area contributed by atoms with Crippen molar-refractivity contribution in [3.8, 4) is 0 Å². The van der Waals surface area contributed by atoms with Crippen LogP contribution >= 0.6 is 11.6 Å². The van der Waals surface area contributed by atoms with E-state index in [9.17, 15) is 4.79 Å². The van der Waals surface area contributed by atoms with Crippen LogP contribution in [0.5, 0.6) is 0 Å². The number of benzene rings is 1. The molecule has 1 rings (SSSR count). The zero-order valence-corrected chi connectivity index (χ0v) is 8.46. The maximum Gasteiger partial charge on any atom is 0.320 e. The van der Waals surface area contributed by atoms with Crippen molar-refractivity contribution in [2.75, 3.05) is 24.3 Å². The molecule has 0 aliphatic carbocycles. The molecule has 0 atom stereocenters. The molecular formula is C10H12ClNO2. The lowest BCUT2D eigenvalue weighted by atomic mass is 10.3. The molecule has 1 aromatic carbocycles. The summed E-state index contributed by atoms with van der Waals surface area (Å²) in [6, 6.07) is 9.71. The van der Waals surface area contributed by atoms with E-state index < -0.39 is 0 Å². The van der Waals surface area contributed by atoms with Gasteiger partial charge in [-0.05, 0) is 12.1 Å². The van der Waals surface area contributed by atoms with E-state index in [-0.39, 0.29) is 11.8 Å². The van der Waals surface area contributed by atoms with Crippen LogP contribution in [0, 0.1) is 0 Å². The summed E-state index contributed by atoms with van der Waals surface area (Å²) in [4.78, 5) is 10.6. The van der Waals surface area contributed by atoms with Gasteiger partial charge in [0.15, 0.2) is 0 Å². The number of anilines is 1. The molecule has 0 aromatic heterocycles. The standard InChI is InChI=1S/C10H12ClNO2/c11-8-10(13)14-7-6-12-9-4-2-1-3-5-9/h1-5,12H,6-8H2. The number of hydrogen-bond acceptors (Lipinski definition) is 3. The van der Waals surface area contributed by atoms with Gasteiger partial charge in [-0.15, -0.1) is 11.6 Å². The molecule has 0 unspecified atom stereocenters. The summed E-state index contributed by atoms with van der Waals surface area (Å²) in [7, 11) is 0. The van der Waals surface area contributed by atoms with E-state index in [4.69, 9.17) is 16.3 Å². The van der Waals surface area contributed by atoms with Crippen molar-refractivity contribution in [1.82, 2.24) is 0 Å². The van der Waals surface area contributed by atoms with Gasteiger partial charge in [0, 0.05) is 12.2 Å². The van der Waals surface area contributed by atoms with Gasteiger partial charge in [0.25, 0.3) is 0 Å². The topological polar surface area (TPSA) is 38.3 Å². The lowest BCUT2D eigenvalue weighted by Gasteiger charge is -2.05. The van der Waals surface area contributed by atoms with Crippen molar-refractivity contribution in [2.45, 2.75) is 0 Å². The SMILES string of the molecule is O=C(CCl)OCCNc1ccccc1. The molecule has 0 fully saturated rings. The Balaban J connectivity index is 2.13. The molecule has 0 radical (unpaired) electrons. The van der Waals surface area contributed by atoms with Crippen molar-refractivity contribution in [1.29, 1.82) is 0 Å². The van der Waals surface area contributed by atoms with Gasteiger partial charge < -0.3 is 10.1 Å². The number of carbonyl (C=O) groups excluding carboxylic acids is 1. The summed E-state index contributed by atoms with van der Waals surface area (Å²) in [5.41, 5.74) is 1.01. The number of carbonyl (C=O) groups is 1. The Bertz CT molecular complexity index is 277. The molecule has 1 aromatic rings. The Labute approximate surface area is 88.0 Å². The van der Waals surface area contributed by atoms with Gasteiger partial charge >= 0.3 is 5.97 Å². The van der Waals surface area contributed by atoms with Crippen molar-refractivity contribution < 1.29 is 9.53 Å². The maximum absolute atomic E-state index is 10.6. The van der Waals surface area contributed by atoms with Gasteiger partial charge in [-0.3, -0.25) is 4.79 Å². The predicted octanol–water partition coefficient (Wildman–Crippen LogP) is 1.88. The Morgan fingerprint density at radius 1 is 1.36 bits per heavy atom. The van der Waals surface area contributed by atoms with E-state index in [0.717, 1.165) is 5.69 Å². The van der Waals surface area contributed by atoms with E-state index in [1.165, 1.54) is 0 Å². The third kappa shape index (κ3) is 4.14. The summed E-state index contributed by atoms with van der Waals surface area (Å²) in [5, 5.41) is 3.10. The van der Waals surface area contributed by atoms with Gasteiger partial charge in [-0.25, -0.2) is 0 Å². The Morgan fingerprint density at radius 2 is 2.07 bits per heavy atom. The molecular weight excluding hydrogens is 202 g/mol. The predicted molar refractivity (Wildman–Crippen MR) is 56.6 cm³/mol. The van der Waals surface area contributed by atoms with Crippen LogP contribution in [-0.2, 0) is 9.53 Å². The third-order valence-corrected chi connectivity index (χ3v) is 1.80. The first-order valence-corrected chi connectivity index (χ1v) is 4.87. The van der Waals surface area contributed by atoms with Gasteiger partial charge in [0.1, 0.15) is 12.5 Å². The molecule has 0 spiro atoms. The van der Waals surface area contributed by atoms with Crippen LogP contribution in [0.1, 0.15) is 0 Å². The monoisotopic (exact) mass is 213 g/mol. The number of alkyl halides is 1. The van der Waals surface area contributed by atoms with E-state index in [0.29, 0.717) is 13.2 Å². The first-order valence-electron chi connectivity index (χ1n) is 4.33. The van der Waals surface area contributed by atoms with Crippen molar-refractivity contribution in [3.05, 3.63) is 30.3 Å². The summed E-state index contributed by atoms with van der Waals surface area (Å²) >= 11 is 5.25. The van der Waals surface area contributed by atoms with Crippen LogP contribution in [0.3, 0.4) is 0 Å². The number of rotatable bonds is 5. The van der Waals surface area contributed by atoms with Crippen LogP contribution in [0.4, 0.5) is 5.69 Å². The first-order chi connectivity index (χ1) is 6.83. The second-order valence-corrected chi connectivity index (χ2v) is 2.91. The van der Waals surface area contributed by atoms with Gasteiger partial charge in [-0.2, -0.15) is 0 Å². The molecule has 76 valence electrons. The smallest absolute Gasteiger partial charge is 0.320 e. The Hall–Kier alpha value is -1.22. The highest BCUT2D eigenvalue weighted by Gasteiger charge is 1.97. The highest BCUT2D eigenvalue weighted by Crippen LogP contribution is 2.03. The molecule has 1 N–H and O–H groups in total. The molecule has 0 heterocycles. The average Bonchev–Trinajstić information content (AvgIpc) is 2.25. The van der Waals surface area contributed by atoms with Crippen LogP contribution in [-0.4, -0.2) is 25.0 Å². The molecule has 14 heavy (non-hydrogen) atoms. The fourth-order valence-corrected chi connectivity index (χ4v) is 1.03. The quantitative estimate of drug-likeness (QED) is 0.461. The van der Waals surface area contributed by atoms with Crippen molar-refractivity contribution in [3.63, 3.8) is 0 Å². The van der Waals surface area contributed by atoms with Gasteiger partial charge in [-0.1, -0.05) is 18.2 Å². The van der Waals surface area contributed by atoms with Crippen LogP contribution < -0.4 is 5.32 Å². The van der Waals surface area contributed by atoms with Crippen LogP contribution in [0.25, 0.3) is 0 Å². The molecule has 0 saturated carbocycles. The van der Waals surface area contributed by atoms with Gasteiger partial charge in [0.2, 0.25) is 0 Å². The number of esters is 1. The fourth-order valence-electron chi connectivity index (χ4n) is 0.955. The van der Waals surface area contributed by atoms with Crippen LogP contribution in [0.2, 0.25) is 0 Å². The number of ether oxygens (including phenoxy) is 1. The van der Waals surface area contributed by atoms with Gasteiger partial charge in [0.05, 0.1) is 0 Å². The zero-order valence-electron chi connectivity index (χ0n) is 7.70. The highest BCUT2D eigenvalue weighted by molar-refractivity contribution is 6.26. The third-order valence-electron chi connectivity index (χ3n) is 1.58. The van der Waals surface area contributed by atoms with E-state index in [1.54, 1.807) is 0 Å². The van der Waals surface area contributed by atoms with Crippen molar-refractivity contribution in [2.24, 2.45) is 0 Å².